The smallest absolute Gasteiger partial charge is 0.387 e. The van der Waals surface area contributed by atoms with E-state index in [1.165, 1.54) is 19.1 Å². The van der Waals surface area contributed by atoms with Crippen LogP contribution >= 0.6 is 0 Å². The Balaban J connectivity index is 1.91. The summed E-state index contributed by atoms with van der Waals surface area (Å²) in [5.41, 5.74) is 1.11. The lowest BCUT2D eigenvalue weighted by Gasteiger charge is -2.16. The molecular formula is C19H19F2NO4. The summed E-state index contributed by atoms with van der Waals surface area (Å²) in [7, 11) is 0. The third-order valence-electron chi connectivity index (χ3n) is 3.57. The van der Waals surface area contributed by atoms with E-state index >= 15 is 0 Å². The first-order valence-electron chi connectivity index (χ1n) is 7.93. The SMILES string of the molecule is CC(=O)c1cccc(OCC(=O)NC(C)c2cccc(OC(F)F)c2)c1. The van der Waals surface area contributed by atoms with Crippen molar-refractivity contribution in [3.63, 3.8) is 0 Å². The van der Waals surface area contributed by atoms with Crippen molar-refractivity contribution >= 4 is 11.7 Å². The minimum Gasteiger partial charge on any atom is -0.484 e. The number of Topliss-reactive ketones (excluding diaryl/α,β-unsaturated/α-hetero) is 1. The molecule has 0 saturated heterocycles. The molecule has 138 valence electrons. The van der Waals surface area contributed by atoms with Crippen LogP contribution in [-0.4, -0.2) is 24.9 Å². The Kier molecular flexibility index (Phi) is 6.66. The molecule has 0 radical (unpaired) electrons. The molecular weight excluding hydrogens is 344 g/mol. The van der Waals surface area contributed by atoms with E-state index in [1.807, 2.05) is 0 Å². The normalized spacial score (nSPS) is 11.7. The lowest BCUT2D eigenvalue weighted by Crippen LogP contribution is -2.31. The van der Waals surface area contributed by atoms with Gasteiger partial charge in [-0.2, -0.15) is 8.78 Å². The molecule has 0 fully saturated rings. The van der Waals surface area contributed by atoms with E-state index in [4.69, 9.17) is 4.74 Å². The first-order chi connectivity index (χ1) is 12.3. The molecule has 0 saturated carbocycles. The molecule has 1 unspecified atom stereocenters. The first kappa shape index (κ1) is 19.4. The predicted octanol–water partition coefficient (Wildman–Crippen LogP) is 3.75. The predicted molar refractivity (Wildman–Crippen MR) is 91.6 cm³/mol. The van der Waals surface area contributed by atoms with Gasteiger partial charge in [0.25, 0.3) is 5.91 Å². The number of amides is 1. The summed E-state index contributed by atoms with van der Waals surface area (Å²) in [4.78, 5) is 23.4. The van der Waals surface area contributed by atoms with E-state index in [2.05, 4.69) is 10.1 Å². The summed E-state index contributed by atoms with van der Waals surface area (Å²) in [5, 5.41) is 2.71. The molecule has 0 aromatic heterocycles. The number of carbonyl (C=O) groups is 2. The molecule has 0 aliphatic rings. The highest BCUT2D eigenvalue weighted by Gasteiger charge is 2.12. The summed E-state index contributed by atoms with van der Waals surface area (Å²) in [6.45, 7) is 0.0166. The maximum absolute atomic E-state index is 12.3. The quantitative estimate of drug-likeness (QED) is 0.726. The van der Waals surface area contributed by atoms with Crippen LogP contribution in [-0.2, 0) is 4.79 Å². The fourth-order valence-electron chi connectivity index (χ4n) is 2.28. The van der Waals surface area contributed by atoms with Gasteiger partial charge in [0.2, 0.25) is 0 Å². The molecule has 1 amide bonds. The average Bonchev–Trinajstić information content (AvgIpc) is 2.60. The largest absolute Gasteiger partial charge is 0.484 e. The number of rotatable bonds is 8. The lowest BCUT2D eigenvalue weighted by molar-refractivity contribution is -0.123. The summed E-state index contributed by atoms with van der Waals surface area (Å²) >= 11 is 0. The summed E-state index contributed by atoms with van der Waals surface area (Å²) in [6, 6.07) is 12.2. The number of ether oxygens (including phenoxy) is 2. The molecule has 26 heavy (non-hydrogen) atoms. The van der Waals surface area contributed by atoms with Crippen molar-refractivity contribution in [1.29, 1.82) is 0 Å². The fourth-order valence-corrected chi connectivity index (χ4v) is 2.28. The number of alkyl halides is 2. The Morgan fingerprint density at radius 3 is 2.46 bits per heavy atom. The zero-order valence-corrected chi connectivity index (χ0v) is 14.4. The topological polar surface area (TPSA) is 64.6 Å². The molecule has 2 aromatic carbocycles. The molecule has 7 heteroatoms. The monoisotopic (exact) mass is 363 g/mol. The summed E-state index contributed by atoms with van der Waals surface area (Å²) in [6.07, 6.45) is 0. The summed E-state index contributed by atoms with van der Waals surface area (Å²) in [5.74, 6) is -0.0472. The summed E-state index contributed by atoms with van der Waals surface area (Å²) < 4.78 is 34.3. The number of carbonyl (C=O) groups excluding carboxylic acids is 2. The van der Waals surface area contributed by atoms with Gasteiger partial charge in [-0.05, 0) is 43.7 Å². The van der Waals surface area contributed by atoms with E-state index in [0.29, 0.717) is 16.9 Å². The van der Waals surface area contributed by atoms with Crippen LogP contribution in [0.5, 0.6) is 11.5 Å². The van der Waals surface area contributed by atoms with Crippen LogP contribution in [0.2, 0.25) is 0 Å². The fraction of sp³-hybridized carbons (Fsp3) is 0.263. The zero-order valence-electron chi connectivity index (χ0n) is 14.4. The molecule has 0 heterocycles. The standard InChI is InChI=1S/C19H19F2NO4/c1-12(14-5-3-8-17(9-14)26-19(20)21)22-18(24)11-25-16-7-4-6-15(10-16)13(2)23/h3-10,12,19H,11H2,1-2H3,(H,22,24). The second-order valence-corrected chi connectivity index (χ2v) is 5.61. The van der Waals surface area contributed by atoms with E-state index < -0.39 is 12.7 Å². The van der Waals surface area contributed by atoms with E-state index in [0.717, 1.165) is 0 Å². The highest BCUT2D eigenvalue weighted by Crippen LogP contribution is 2.20. The maximum atomic E-state index is 12.3. The van der Waals surface area contributed by atoms with Gasteiger partial charge < -0.3 is 14.8 Å². The second-order valence-electron chi connectivity index (χ2n) is 5.61. The Hall–Kier alpha value is -2.96. The highest BCUT2D eigenvalue weighted by molar-refractivity contribution is 5.94. The Bertz CT molecular complexity index is 780. The molecule has 0 bridgehead atoms. The van der Waals surface area contributed by atoms with Gasteiger partial charge in [0.1, 0.15) is 11.5 Å². The molecule has 5 nitrogen and oxygen atoms in total. The van der Waals surface area contributed by atoms with Crippen molar-refractivity contribution in [2.45, 2.75) is 26.5 Å². The average molecular weight is 363 g/mol. The van der Waals surface area contributed by atoms with Crippen LogP contribution in [0.4, 0.5) is 8.78 Å². The van der Waals surface area contributed by atoms with Gasteiger partial charge in [0, 0.05) is 5.56 Å². The van der Waals surface area contributed by atoms with Crippen molar-refractivity contribution in [3.05, 3.63) is 59.7 Å². The van der Waals surface area contributed by atoms with Crippen molar-refractivity contribution in [1.82, 2.24) is 5.32 Å². The van der Waals surface area contributed by atoms with Gasteiger partial charge in [-0.15, -0.1) is 0 Å². The molecule has 0 aliphatic heterocycles. The molecule has 0 spiro atoms. The van der Waals surface area contributed by atoms with Crippen molar-refractivity contribution in [3.8, 4) is 11.5 Å². The Morgan fingerprint density at radius 1 is 1.08 bits per heavy atom. The van der Waals surface area contributed by atoms with Gasteiger partial charge >= 0.3 is 6.61 Å². The van der Waals surface area contributed by atoms with Gasteiger partial charge in [-0.1, -0.05) is 24.3 Å². The van der Waals surface area contributed by atoms with Crippen LogP contribution in [0.15, 0.2) is 48.5 Å². The minimum absolute atomic E-state index is 0.0240. The van der Waals surface area contributed by atoms with Crippen molar-refractivity contribution < 1.29 is 27.8 Å². The maximum Gasteiger partial charge on any atom is 0.387 e. The van der Waals surface area contributed by atoms with Gasteiger partial charge in [0.15, 0.2) is 12.4 Å². The zero-order chi connectivity index (χ0) is 19.1. The second kappa shape index (κ2) is 8.94. The number of nitrogens with one attached hydrogen (secondary N) is 1. The van der Waals surface area contributed by atoms with Gasteiger partial charge in [-0.25, -0.2) is 0 Å². The number of halogens is 2. The van der Waals surface area contributed by atoms with Crippen LogP contribution in [0, 0.1) is 0 Å². The Labute approximate surface area is 149 Å². The molecule has 0 aliphatic carbocycles. The lowest BCUT2D eigenvalue weighted by atomic mass is 10.1. The van der Waals surface area contributed by atoms with Crippen LogP contribution in [0.25, 0.3) is 0 Å². The van der Waals surface area contributed by atoms with Gasteiger partial charge in [-0.3, -0.25) is 9.59 Å². The molecule has 1 N–H and O–H groups in total. The van der Waals surface area contributed by atoms with Crippen molar-refractivity contribution in [2.24, 2.45) is 0 Å². The number of hydrogen-bond donors (Lipinski definition) is 1. The third-order valence-corrected chi connectivity index (χ3v) is 3.57. The molecule has 2 rings (SSSR count). The molecule has 1 atom stereocenters. The van der Waals surface area contributed by atoms with E-state index in [-0.39, 0.29) is 24.0 Å². The Morgan fingerprint density at radius 2 is 1.77 bits per heavy atom. The van der Waals surface area contributed by atoms with Crippen LogP contribution in [0.1, 0.15) is 35.8 Å². The van der Waals surface area contributed by atoms with E-state index in [9.17, 15) is 18.4 Å². The van der Waals surface area contributed by atoms with Crippen LogP contribution in [0.3, 0.4) is 0 Å². The van der Waals surface area contributed by atoms with Gasteiger partial charge in [0.05, 0.1) is 6.04 Å². The molecule has 2 aromatic rings. The minimum atomic E-state index is -2.91. The first-order valence-corrected chi connectivity index (χ1v) is 7.93. The number of ketones is 1. The highest BCUT2D eigenvalue weighted by atomic mass is 19.3. The third kappa shape index (κ3) is 5.84. The van der Waals surface area contributed by atoms with Crippen LogP contribution < -0.4 is 14.8 Å². The number of hydrogen-bond acceptors (Lipinski definition) is 4. The number of benzene rings is 2. The van der Waals surface area contributed by atoms with E-state index in [1.54, 1.807) is 43.3 Å². The van der Waals surface area contributed by atoms with Crippen molar-refractivity contribution in [2.75, 3.05) is 6.61 Å².